The van der Waals surface area contributed by atoms with E-state index in [-0.39, 0.29) is 12.5 Å². The summed E-state index contributed by atoms with van der Waals surface area (Å²) in [6.07, 6.45) is 7.05. The topological polar surface area (TPSA) is 59.9 Å². The fourth-order valence-corrected chi connectivity index (χ4v) is 4.23. The molecule has 2 aromatic carbocycles. The van der Waals surface area contributed by atoms with Crippen molar-refractivity contribution in [2.45, 2.75) is 13.8 Å². The van der Waals surface area contributed by atoms with Crippen LogP contribution >= 0.6 is 39.3 Å². The van der Waals surface area contributed by atoms with E-state index in [0.717, 1.165) is 11.1 Å². The molecule has 0 aromatic heterocycles. The Morgan fingerprint density at radius 1 is 1.37 bits per heavy atom. The highest BCUT2D eigenvalue weighted by Gasteiger charge is 2.24. The van der Waals surface area contributed by atoms with Gasteiger partial charge < -0.3 is 14.8 Å². The SMILES string of the molecule is C#CCOc1c(Br)cc(/C=C2/SC(=Nc3cccc(Cl)c3C)NC2=O)cc1OCC. The molecule has 5 nitrogen and oxygen atoms in total. The minimum absolute atomic E-state index is 0.125. The van der Waals surface area contributed by atoms with Crippen LogP contribution in [0.2, 0.25) is 5.02 Å². The molecule has 8 heteroatoms. The average Bonchev–Trinajstić information content (AvgIpc) is 3.04. The number of amides is 1. The Morgan fingerprint density at radius 3 is 2.90 bits per heavy atom. The van der Waals surface area contributed by atoms with E-state index in [0.29, 0.717) is 43.4 Å². The highest BCUT2D eigenvalue weighted by Crippen LogP contribution is 2.38. The van der Waals surface area contributed by atoms with Crippen LogP contribution in [-0.2, 0) is 4.79 Å². The van der Waals surface area contributed by atoms with Gasteiger partial charge in [-0.25, -0.2) is 4.99 Å². The average molecular weight is 506 g/mol. The molecule has 0 radical (unpaired) electrons. The van der Waals surface area contributed by atoms with Crippen LogP contribution in [0.15, 0.2) is 44.7 Å². The van der Waals surface area contributed by atoms with Crippen LogP contribution in [0.3, 0.4) is 0 Å². The molecular formula is C22H18BrClN2O3S. The Labute approximate surface area is 193 Å². The molecule has 2 aromatic rings. The Balaban J connectivity index is 1.89. The van der Waals surface area contributed by atoms with Gasteiger partial charge in [0.05, 0.1) is 21.7 Å². The van der Waals surface area contributed by atoms with E-state index in [9.17, 15) is 4.79 Å². The van der Waals surface area contributed by atoms with E-state index in [2.05, 4.69) is 32.2 Å². The first-order valence-electron chi connectivity index (χ1n) is 9.00. The van der Waals surface area contributed by atoms with E-state index in [1.54, 1.807) is 18.2 Å². The molecule has 1 saturated heterocycles. The lowest BCUT2D eigenvalue weighted by molar-refractivity contribution is -0.115. The number of rotatable bonds is 6. The number of hydrogen-bond donors (Lipinski definition) is 1. The quantitative estimate of drug-likeness (QED) is 0.403. The van der Waals surface area contributed by atoms with Crippen LogP contribution < -0.4 is 14.8 Å². The third-order valence-electron chi connectivity index (χ3n) is 4.04. The van der Waals surface area contributed by atoms with Gasteiger partial charge in [-0.05, 0) is 83.0 Å². The minimum atomic E-state index is -0.222. The zero-order valence-corrected chi connectivity index (χ0v) is 19.5. The molecule has 0 aliphatic carbocycles. The lowest BCUT2D eigenvalue weighted by Crippen LogP contribution is -2.19. The third-order valence-corrected chi connectivity index (χ3v) is 5.95. The molecule has 0 unspecified atom stereocenters. The Morgan fingerprint density at radius 2 is 2.17 bits per heavy atom. The maximum atomic E-state index is 12.4. The van der Waals surface area contributed by atoms with Gasteiger partial charge in [0.15, 0.2) is 16.7 Å². The summed E-state index contributed by atoms with van der Waals surface area (Å²) in [4.78, 5) is 17.5. The number of amidine groups is 1. The molecule has 0 bridgehead atoms. The van der Waals surface area contributed by atoms with Crippen LogP contribution in [0.5, 0.6) is 11.5 Å². The number of halogens is 2. The fourth-order valence-electron chi connectivity index (χ4n) is 2.65. The number of carbonyl (C=O) groups excluding carboxylic acids is 1. The van der Waals surface area contributed by atoms with Gasteiger partial charge in [0.25, 0.3) is 5.91 Å². The summed E-state index contributed by atoms with van der Waals surface area (Å²) in [6, 6.07) is 9.12. The summed E-state index contributed by atoms with van der Waals surface area (Å²) in [5.74, 6) is 3.28. The van der Waals surface area contributed by atoms with Gasteiger partial charge in [0.2, 0.25) is 0 Å². The lowest BCUT2D eigenvalue weighted by atomic mass is 10.2. The van der Waals surface area contributed by atoms with Crippen molar-refractivity contribution >= 4 is 62.1 Å². The molecule has 1 amide bonds. The molecule has 154 valence electrons. The first-order valence-corrected chi connectivity index (χ1v) is 11.0. The summed E-state index contributed by atoms with van der Waals surface area (Å²) < 4.78 is 11.9. The summed E-state index contributed by atoms with van der Waals surface area (Å²) in [6.45, 7) is 4.35. The molecule has 3 rings (SSSR count). The van der Waals surface area contributed by atoms with Crippen molar-refractivity contribution in [3.05, 3.63) is 55.9 Å². The number of nitrogens with zero attached hydrogens (tertiary/aromatic N) is 1. The highest BCUT2D eigenvalue weighted by atomic mass is 79.9. The van der Waals surface area contributed by atoms with Gasteiger partial charge in [-0.1, -0.05) is 23.6 Å². The molecule has 1 aliphatic heterocycles. The number of nitrogens with one attached hydrogen (secondary N) is 1. The fraction of sp³-hybridized carbons (Fsp3) is 0.182. The van der Waals surface area contributed by atoms with Crippen molar-refractivity contribution in [1.82, 2.24) is 5.32 Å². The molecule has 1 heterocycles. The van der Waals surface area contributed by atoms with E-state index in [4.69, 9.17) is 27.5 Å². The maximum absolute atomic E-state index is 12.4. The van der Waals surface area contributed by atoms with Crippen molar-refractivity contribution in [1.29, 1.82) is 0 Å². The summed E-state index contributed by atoms with van der Waals surface area (Å²) in [7, 11) is 0. The number of benzene rings is 2. The molecule has 0 atom stereocenters. The van der Waals surface area contributed by atoms with Crippen LogP contribution in [0, 0.1) is 19.3 Å². The number of hydrogen-bond acceptors (Lipinski definition) is 5. The molecule has 0 saturated carbocycles. The third kappa shape index (κ3) is 5.20. The smallest absolute Gasteiger partial charge is 0.264 e. The van der Waals surface area contributed by atoms with Gasteiger partial charge in [0, 0.05) is 5.02 Å². The van der Waals surface area contributed by atoms with Crippen LogP contribution in [-0.4, -0.2) is 24.3 Å². The molecule has 30 heavy (non-hydrogen) atoms. The van der Waals surface area contributed by atoms with Gasteiger partial charge in [0.1, 0.15) is 6.61 Å². The van der Waals surface area contributed by atoms with Crippen LogP contribution in [0.4, 0.5) is 5.69 Å². The molecule has 1 fully saturated rings. The second-order valence-electron chi connectivity index (χ2n) is 6.12. The van der Waals surface area contributed by atoms with Crippen molar-refractivity contribution in [3.8, 4) is 23.8 Å². The van der Waals surface area contributed by atoms with Crippen molar-refractivity contribution < 1.29 is 14.3 Å². The first kappa shape index (κ1) is 22.3. The van der Waals surface area contributed by atoms with E-state index in [1.165, 1.54) is 11.8 Å². The van der Waals surface area contributed by atoms with E-state index < -0.39 is 0 Å². The molecule has 1 aliphatic rings. The number of thioether (sulfide) groups is 1. The summed E-state index contributed by atoms with van der Waals surface area (Å²) in [5.41, 5.74) is 2.34. The van der Waals surface area contributed by atoms with Gasteiger partial charge in [-0.3, -0.25) is 4.79 Å². The molecular weight excluding hydrogens is 488 g/mol. The number of aliphatic imine (C=N–C) groups is 1. The number of terminal acetylenes is 1. The van der Waals surface area contributed by atoms with Crippen molar-refractivity contribution in [3.63, 3.8) is 0 Å². The molecule has 0 spiro atoms. The van der Waals surface area contributed by atoms with E-state index in [1.807, 2.05) is 32.0 Å². The second kappa shape index (κ2) is 10.1. The lowest BCUT2D eigenvalue weighted by Gasteiger charge is -2.13. The zero-order valence-electron chi connectivity index (χ0n) is 16.3. The van der Waals surface area contributed by atoms with Gasteiger partial charge in [-0.15, -0.1) is 6.42 Å². The van der Waals surface area contributed by atoms with Crippen LogP contribution in [0.1, 0.15) is 18.1 Å². The predicted octanol–water partition coefficient (Wildman–Crippen LogP) is 5.71. The predicted molar refractivity (Wildman–Crippen MR) is 127 cm³/mol. The van der Waals surface area contributed by atoms with Gasteiger partial charge >= 0.3 is 0 Å². The van der Waals surface area contributed by atoms with Gasteiger partial charge in [-0.2, -0.15) is 0 Å². The monoisotopic (exact) mass is 504 g/mol. The highest BCUT2D eigenvalue weighted by molar-refractivity contribution is 9.10. The normalized spacial score (nSPS) is 15.9. The summed E-state index contributed by atoms with van der Waals surface area (Å²) >= 11 is 10.9. The Kier molecular flexibility index (Phi) is 7.48. The van der Waals surface area contributed by atoms with Crippen LogP contribution in [0.25, 0.3) is 6.08 Å². The largest absolute Gasteiger partial charge is 0.490 e. The standard InChI is InChI=1S/C22H18BrClN2O3S/c1-4-9-29-20-15(23)10-14(11-18(20)28-5-2)12-19-21(27)26-22(30-19)25-17-8-6-7-16(24)13(17)3/h1,6-8,10-12H,5,9H2,2-3H3,(H,25,26,27)/b19-12+. The number of ether oxygens (including phenoxy) is 2. The first-order chi connectivity index (χ1) is 14.4. The Hall–Kier alpha value is -2.40. The number of carbonyl (C=O) groups is 1. The minimum Gasteiger partial charge on any atom is -0.490 e. The zero-order chi connectivity index (χ0) is 21.7. The van der Waals surface area contributed by atoms with E-state index >= 15 is 0 Å². The van der Waals surface area contributed by atoms with Crippen molar-refractivity contribution in [2.75, 3.05) is 13.2 Å². The summed E-state index contributed by atoms with van der Waals surface area (Å²) in [5, 5.41) is 3.91. The second-order valence-corrected chi connectivity index (χ2v) is 8.41. The van der Waals surface area contributed by atoms with Crippen molar-refractivity contribution in [2.24, 2.45) is 4.99 Å². The Bertz CT molecular complexity index is 1090. The molecule has 1 N–H and O–H groups in total. The maximum Gasteiger partial charge on any atom is 0.264 e.